The van der Waals surface area contributed by atoms with Gasteiger partial charge in [-0.15, -0.1) is 0 Å². The predicted octanol–water partition coefficient (Wildman–Crippen LogP) is 5.29. The molecule has 1 aromatic heterocycles. The van der Waals surface area contributed by atoms with Crippen molar-refractivity contribution in [1.82, 2.24) is 4.98 Å². The fourth-order valence-corrected chi connectivity index (χ4v) is 4.05. The van der Waals surface area contributed by atoms with Crippen molar-refractivity contribution in [2.75, 3.05) is 5.73 Å². The molecule has 0 spiro atoms. The topological polar surface area (TPSA) is 59.1 Å². The van der Waals surface area contributed by atoms with Crippen LogP contribution in [0.3, 0.4) is 0 Å². The van der Waals surface area contributed by atoms with Crippen molar-refractivity contribution in [3.63, 3.8) is 0 Å². The third-order valence-electron chi connectivity index (χ3n) is 4.40. The van der Waals surface area contributed by atoms with Crippen LogP contribution in [-0.2, 0) is 11.5 Å². The minimum atomic E-state index is -4.71. The molecule has 3 nitrogen and oxygen atoms in total. The molecule has 3 rings (SSSR count). The number of aromatic nitrogens is 1. The van der Waals surface area contributed by atoms with E-state index in [0.29, 0.717) is 39.5 Å². The second-order valence-corrected chi connectivity index (χ2v) is 7.39. The third-order valence-corrected chi connectivity index (χ3v) is 5.43. The number of aliphatic hydroxyl groups is 1. The number of nitrogens with zero attached hydrogens (tertiary/aromatic N) is 1. The molecule has 2 aromatic carbocycles. The number of nitrogens with two attached hydrogens (primary N) is 1. The molecule has 0 aliphatic rings. The number of rotatable bonds is 5. The molecule has 0 saturated heterocycles. The normalized spacial score (nSPS) is 13.1. The lowest BCUT2D eigenvalue weighted by atomic mass is 10.1. The Labute approximate surface area is 163 Å². The zero-order chi connectivity index (χ0) is 20.5. The Morgan fingerprint density at radius 2 is 1.86 bits per heavy atom. The van der Waals surface area contributed by atoms with E-state index < -0.39 is 18.1 Å². The van der Waals surface area contributed by atoms with Gasteiger partial charge >= 0.3 is 6.18 Å². The van der Waals surface area contributed by atoms with Gasteiger partial charge < -0.3 is 10.8 Å². The van der Waals surface area contributed by atoms with E-state index in [9.17, 15) is 22.7 Å². The van der Waals surface area contributed by atoms with Crippen LogP contribution in [0, 0.1) is 12.7 Å². The van der Waals surface area contributed by atoms with Crippen molar-refractivity contribution in [1.29, 1.82) is 0 Å². The van der Waals surface area contributed by atoms with Gasteiger partial charge in [0.15, 0.2) is 6.10 Å². The summed E-state index contributed by atoms with van der Waals surface area (Å²) in [5, 5.41) is 9.67. The van der Waals surface area contributed by atoms with Crippen LogP contribution in [0.1, 0.15) is 28.5 Å². The van der Waals surface area contributed by atoms with Crippen molar-refractivity contribution in [2.24, 2.45) is 0 Å². The molecule has 1 heterocycles. The lowest BCUT2D eigenvalue weighted by molar-refractivity contribution is -0.206. The molecular weight excluding hydrogens is 392 g/mol. The molecular formula is C20H18F4N2OS. The summed E-state index contributed by atoms with van der Waals surface area (Å²) in [6, 6.07) is 10.3. The zero-order valence-corrected chi connectivity index (χ0v) is 15.7. The first-order chi connectivity index (χ1) is 13.2. The summed E-state index contributed by atoms with van der Waals surface area (Å²) >= 11 is 1.42. The molecule has 0 aliphatic carbocycles. The number of benzene rings is 2. The van der Waals surface area contributed by atoms with E-state index in [1.54, 1.807) is 25.1 Å². The van der Waals surface area contributed by atoms with Gasteiger partial charge in [-0.3, -0.25) is 4.98 Å². The largest absolute Gasteiger partial charge is 0.418 e. The molecule has 148 valence electrons. The highest BCUT2D eigenvalue weighted by Gasteiger charge is 2.39. The number of pyridine rings is 1. The Bertz CT molecular complexity index is 1010. The number of aliphatic hydroxyl groups excluding tert-OH is 1. The fourth-order valence-electron chi connectivity index (χ4n) is 2.96. The van der Waals surface area contributed by atoms with Crippen LogP contribution >= 0.6 is 11.8 Å². The van der Waals surface area contributed by atoms with Gasteiger partial charge in [0.1, 0.15) is 5.82 Å². The van der Waals surface area contributed by atoms with Gasteiger partial charge in [0, 0.05) is 28.5 Å². The van der Waals surface area contributed by atoms with Gasteiger partial charge in [-0.1, -0.05) is 30.3 Å². The first-order valence-corrected chi connectivity index (χ1v) is 9.58. The van der Waals surface area contributed by atoms with Crippen LogP contribution in [0.5, 0.6) is 0 Å². The quantitative estimate of drug-likeness (QED) is 0.561. The summed E-state index contributed by atoms with van der Waals surface area (Å²) in [5.41, 5.74) is 8.80. The average molecular weight is 410 g/mol. The van der Waals surface area contributed by atoms with Crippen LogP contribution in [-0.4, -0.2) is 16.3 Å². The fraction of sp³-hybridized carbons (Fsp3) is 0.250. The summed E-state index contributed by atoms with van der Waals surface area (Å²) in [4.78, 5) is 4.40. The van der Waals surface area contributed by atoms with Gasteiger partial charge in [0.25, 0.3) is 0 Å². The molecule has 0 bridgehead atoms. The lowest BCUT2D eigenvalue weighted by Gasteiger charge is -2.16. The standard InChI is InChI=1S/C20H18F4N2OS/c1-11-14(18(25)17-15(21)6-3-7-16(17)26-11)10-28-9-12-4-2-5-13(8-12)19(27)20(22,23)24/h2-8,19,27H,9-10H2,1H3,(H2,25,26)/t19-/m0/s1. The summed E-state index contributed by atoms with van der Waals surface area (Å²) in [6.45, 7) is 1.79. The number of thioether (sulfide) groups is 1. The van der Waals surface area contributed by atoms with Crippen LogP contribution in [0.25, 0.3) is 10.9 Å². The van der Waals surface area contributed by atoms with Gasteiger partial charge in [-0.05, 0) is 30.2 Å². The number of fused-ring (bicyclic) bond motifs is 1. The second kappa shape index (κ2) is 7.97. The number of aryl methyl sites for hydroxylation is 1. The maximum absolute atomic E-state index is 14.1. The maximum Gasteiger partial charge on any atom is 0.418 e. The molecule has 8 heteroatoms. The van der Waals surface area contributed by atoms with Crippen molar-refractivity contribution in [3.8, 4) is 0 Å². The Kier molecular flexibility index (Phi) is 5.81. The first-order valence-electron chi connectivity index (χ1n) is 8.43. The number of hydrogen-bond donors (Lipinski definition) is 2. The summed E-state index contributed by atoms with van der Waals surface area (Å²) < 4.78 is 52.2. The molecule has 28 heavy (non-hydrogen) atoms. The molecule has 3 N–H and O–H groups in total. The molecule has 1 atom stereocenters. The Morgan fingerprint density at radius 3 is 2.57 bits per heavy atom. The number of hydrogen-bond acceptors (Lipinski definition) is 4. The second-order valence-electron chi connectivity index (χ2n) is 6.41. The number of alkyl halides is 3. The maximum atomic E-state index is 14.1. The highest BCUT2D eigenvalue weighted by molar-refractivity contribution is 7.97. The molecule has 0 amide bonds. The van der Waals surface area contributed by atoms with Crippen LogP contribution in [0.4, 0.5) is 23.2 Å². The molecule has 0 aliphatic heterocycles. The zero-order valence-electron chi connectivity index (χ0n) is 14.9. The van der Waals surface area contributed by atoms with E-state index >= 15 is 0 Å². The average Bonchev–Trinajstić information content (AvgIpc) is 2.63. The number of anilines is 1. The predicted molar refractivity (Wildman–Crippen MR) is 103 cm³/mol. The molecule has 0 unspecified atom stereocenters. The SMILES string of the molecule is Cc1nc2cccc(F)c2c(N)c1CSCc1cccc([C@H](O)C(F)(F)F)c1. The van der Waals surface area contributed by atoms with Crippen molar-refractivity contribution in [2.45, 2.75) is 30.7 Å². The summed E-state index contributed by atoms with van der Waals surface area (Å²) in [5.74, 6) is 0.399. The highest BCUT2D eigenvalue weighted by atomic mass is 32.2. The van der Waals surface area contributed by atoms with E-state index in [2.05, 4.69) is 4.98 Å². The van der Waals surface area contributed by atoms with Crippen molar-refractivity contribution < 1.29 is 22.7 Å². The van der Waals surface area contributed by atoms with E-state index in [4.69, 9.17) is 5.73 Å². The minimum absolute atomic E-state index is 0.198. The van der Waals surface area contributed by atoms with Gasteiger partial charge in [-0.25, -0.2) is 4.39 Å². The van der Waals surface area contributed by atoms with Gasteiger partial charge in [0.2, 0.25) is 0 Å². The van der Waals surface area contributed by atoms with E-state index in [1.807, 2.05) is 0 Å². The van der Waals surface area contributed by atoms with E-state index in [1.165, 1.54) is 36.0 Å². The molecule has 0 fully saturated rings. The molecule has 0 saturated carbocycles. The van der Waals surface area contributed by atoms with Crippen LogP contribution in [0.15, 0.2) is 42.5 Å². The Morgan fingerprint density at radius 1 is 1.14 bits per heavy atom. The summed E-state index contributed by atoms with van der Waals surface area (Å²) in [6.07, 6.45) is -7.22. The first kappa shape index (κ1) is 20.4. The highest BCUT2D eigenvalue weighted by Crippen LogP contribution is 2.34. The van der Waals surface area contributed by atoms with Crippen LogP contribution in [0.2, 0.25) is 0 Å². The van der Waals surface area contributed by atoms with Crippen molar-refractivity contribution in [3.05, 3.63) is 70.7 Å². The monoisotopic (exact) mass is 410 g/mol. The van der Waals surface area contributed by atoms with E-state index in [-0.39, 0.29) is 10.9 Å². The molecule has 3 aromatic rings. The Hall–Kier alpha value is -2.32. The minimum Gasteiger partial charge on any atom is -0.398 e. The lowest BCUT2D eigenvalue weighted by Crippen LogP contribution is -2.20. The van der Waals surface area contributed by atoms with E-state index in [0.717, 1.165) is 0 Å². The number of halogens is 4. The summed E-state index contributed by atoms with van der Waals surface area (Å²) in [7, 11) is 0. The van der Waals surface area contributed by atoms with Crippen LogP contribution < -0.4 is 5.73 Å². The Balaban J connectivity index is 1.77. The molecule has 0 radical (unpaired) electrons. The third kappa shape index (κ3) is 4.23. The number of nitrogen functional groups attached to an aromatic ring is 1. The smallest absolute Gasteiger partial charge is 0.398 e. The van der Waals surface area contributed by atoms with Crippen molar-refractivity contribution >= 4 is 28.4 Å². The van der Waals surface area contributed by atoms with Gasteiger partial charge in [0.05, 0.1) is 10.9 Å². The van der Waals surface area contributed by atoms with Gasteiger partial charge in [-0.2, -0.15) is 24.9 Å².